The van der Waals surface area contributed by atoms with Gasteiger partial charge in [0.25, 0.3) is 0 Å². The second kappa shape index (κ2) is 9.50. The Morgan fingerprint density at radius 1 is 0.676 bits per heavy atom. The van der Waals surface area contributed by atoms with Crippen LogP contribution >= 0.6 is 0 Å². The van der Waals surface area contributed by atoms with Gasteiger partial charge < -0.3 is 9.47 Å². The predicted molar refractivity (Wildman–Crippen MR) is 134 cm³/mol. The first-order valence-corrected chi connectivity index (χ1v) is 13.7. The van der Waals surface area contributed by atoms with Gasteiger partial charge in [0.1, 0.15) is 11.9 Å². The summed E-state index contributed by atoms with van der Waals surface area (Å²) in [5, 5.41) is 0. The first kappa shape index (κ1) is 21.8. The predicted octanol–water partition coefficient (Wildman–Crippen LogP) is 6.53. The molecule has 4 saturated carbocycles. The van der Waals surface area contributed by atoms with Crippen molar-refractivity contribution in [2.75, 3.05) is 6.61 Å². The minimum absolute atomic E-state index is 0.0226. The van der Waals surface area contributed by atoms with E-state index in [9.17, 15) is 4.79 Å². The van der Waals surface area contributed by atoms with Crippen molar-refractivity contribution >= 4 is 16.9 Å². The number of esters is 1. The van der Waals surface area contributed by atoms with Crippen LogP contribution in [0.4, 0.5) is 0 Å². The van der Waals surface area contributed by atoms with Gasteiger partial charge in [0.05, 0.1) is 10.9 Å². The summed E-state index contributed by atoms with van der Waals surface area (Å²) in [4.78, 5) is 16.4. The normalized spacial score (nSPS) is 27.0. The Hall–Kier alpha value is -2.72. The largest absolute Gasteiger partial charge is 0.482 e. The van der Waals surface area contributed by atoms with Crippen LogP contribution in [0.15, 0.2) is 99.6 Å². The Kier molecular flexibility index (Phi) is 6.09. The molecule has 4 fully saturated rings. The summed E-state index contributed by atoms with van der Waals surface area (Å²) < 4.78 is 11.8. The van der Waals surface area contributed by atoms with Gasteiger partial charge in [-0.2, -0.15) is 0 Å². The van der Waals surface area contributed by atoms with Crippen LogP contribution < -0.4 is 4.74 Å². The third kappa shape index (κ3) is 4.48. The first-order chi connectivity index (χ1) is 16.7. The van der Waals surface area contributed by atoms with Crippen molar-refractivity contribution < 1.29 is 14.3 Å². The lowest BCUT2D eigenvalue weighted by Gasteiger charge is -2.53. The maximum Gasteiger partial charge on any atom is 0.344 e. The number of ether oxygens (including phenoxy) is 2. The highest BCUT2D eigenvalue weighted by Gasteiger charge is 2.49. The third-order valence-electron chi connectivity index (χ3n) is 7.78. The average molecular weight is 472 g/mol. The zero-order valence-corrected chi connectivity index (χ0v) is 20.2. The molecule has 0 radical (unpaired) electrons. The average Bonchev–Trinajstić information content (AvgIpc) is 2.87. The molecule has 0 saturated heterocycles. The summed E-state index contributed by atoms with van der Waals surface area (Å²) in [5.41, 5.74) is 0. The molecule has 4 aliphatic carbocycles. The molecule has 4 bridgehead atoms. The number of hydrogen-bond donors (Lipinski definition) is 0. The van der Waals surface area contributed by atoms with Gasteiger partial charge in [-0.05, 0) is 104 Å². The smallest absolute Gasteiger partial charge is 0.344 e. The van der Waals surface area contributed by atoms with Crippen LogP contribution in [0, 0.1) is 23.7 Å². The highest BCUT2D eigenvalue weighted by atomic mass is 32.2. The van der Waals surface area contributed by atoms with Gasteiger partial charge in [0, 0.05) is 0 Å². The molecule has 0 atom stereocenters. The van der Waals surface area contributed by atoms with E-state index in [1.165, 1.54) is 46.8 Å². The van der Waals surface area contributed by atoms with Gasteiger partial charge in [-0.15, -0.1) is 0 Å². The lowest BCUT2D eigenvalue weighted by molar-refractivity contribution is -0.172. The standard InChI is InChI=1S/C30H31O3S/c31-29(33-30-23-16-21-15-22(18-23)19-24(30)17-21)20-32-25-11-13-28(14-12-25)34(26-7-3-1-4-8-26)27-9-5-2-6-10-27/h1-14,21-24,30H,15-20H2/q+1. The molecule has 7 rings (SSSR count). The van der Waals surface area contributed by atoms with E-state index in [0.29, 0.717) is 17.6 Å². The van der Waals surface area contributed by atoms with E-state index in [2.05, 4.69) is 72.8 Å². The molecule has 0 unspecified atom stereocenters. The van der Waals surface area contributed by atoms with E-state index < -0.39 is 0 Å². The second-order valence-electron chi connectivity index (χ2n) is 10.1. The SMILES string of the molecule is O=C(COc1ccc([S+](c2ccccc2)c2ccccc2)cc1)OC1C2CC3CC(C2)CC1C3. The molecule has 0 amide bonds. The fourth-order valence-corrected chi connectivity index (χ4v) is 8.67. The van der Waals surface area contributed by atoms with Gasteiger partial charge in [0.15, 0.2) is 21.3 Å². The van der Waals surface area contributed by atoms with Crippen LogP contribution in [0.2, 0.25) is 0 Å². The maximum absolute atomic E-state index is 12.6. The molecular formula is C30H31O3S+. The maximum atomic E-state index is 12.6. The van der Waals surface area contributed by atoms with E-state index in [1.54, 1.807) is 0 Å². The van der Waals surface area contributed by atoms with Crippen molar-refractivity contribution in [3.8, 4) is 5.75 Å². The van der Waals surface area contributed by atoms with Gasteiger partial charge in [-0.25, -0.2) is 4.79 Å². The summed E-state index contributed by atoms with van der Waals surface area (Å²) in [6.07, 6.45) is 6.51. The van der Waals surface area contributed by atoms with Gasteiger partial charge in [0.2, 0.25) is 0 Å². The molecular weight excluding hydrogens is 440 g/mol. The molecule has 0 spiro atoms. The quantitative estimate of drug-likeness (QED) is 0.290. The third-order valence-corrected chi connectivity index (χ3v) is 10.0. The van der Waals surface area contributed by atoms with E-state index in [1.807, 2.05) is 12.1 Å². The van der Waals surface area contributed by atoms with E-state index in [4.69, 9.17) is 9.47 Å². The zero-order chi connectivity index (χ0) is 22.9. The monoisotopic (exact) mass is 471 g/mol. The van der Waals surface area contributed by atoms with Crippen molar-refractivity contribution in [2.45, 2.75) is 52.9 Å². The lowest BCUT2D eigenvalue weighted by Crippen LogP contribution is -2.50. The Balaban J connectivity index is 1.10. The molecule has 0 heterocycles. The number of hydrogen-bond acceptors (Lipinski definition) is 3. The van der Waals surface area contributed by atoms with E-state index in [-0.39, 0.29) is 29.6 Å². The Morgan fingerprint density at radius 2 is 1.18 bits per heavy atom. The van der Waals surface area contributed by atoms with Crippen LogP contribution in [0.5, 0.6) is 5.75 Å². The number of carbonyl (C=O) groups is 1. The molecule has 0 N–H and O–H groups in total. The van der Waals surface area contributed by atoms with Crippen molar-refractivity contribution in [2.24, 2.45) is 23.7 Å². The molecule has 4 heteroatoms. The minimum Gasteiger partial charge on any atom is -0.482 e. The zero-order valence-electron chi connectivity index (χ0n) is 19.3. The summed E-state index contributed by atoms with van der Waals surface area (Å²) in [6.45, 7) is -0.0226. The fraction of sp³-hybridized carbons (Fsp3) is 0.367. The van der Waals surface area contributed by atoms with Crippen LogP contribution in [-0.2, 0) is 20.4 Å². The molecule has 174 valence electrons. The summed E-state index contributed by atoms with van der Waals surface area (Å²) in [7, 11) is -0.190. The van der Waals surface area contributed by atoms with Crippen LogP contribution in [0.1, 0.15) is 32.1 Å². The molecule has 34 heavy (non-hydrogen) atoms. The number of carbonyl (C=O) groups excluding carboxylic acids is 1. The molecule has 3 nitrogen and oxygen atoms in total. The fourth-order valence-electron chi connectivity index (χ4n) is 6.59. The second-order valence-corrected chi connectivity index (χ2v) is 12.1. The molecule has 3 aromatic carbocycles. The van der Waals surface area contributed by atoms with Crippen LogP contribution in [0.25, 0.3) is 0 Å². The van der Waals surface area contributed by atoms with Gasteiger partial charge in [-0.1, -0.05) is 36.4 Å². The summed E-state index contributed by atoms with van der Waals surface area (Å²) in [5.74, 6) is 3.39. The molecule has 0 aliphatic heterocycles. The van der Waals surface area contributed by atoms with Gasteiger partial charge >= 0.3 is 5.97 Å². The van der Waals surface area contributed by atoms with Gasteiger partial charge in [-0.3, -0.25) is 0 Å². The van der Waals surface area contributed by atoms with Crippen molar-refractivity contribution in [1.82, 2.24) is 0 Å². The topological polar surface area (TPSA) is 35.5 Å². The molecule has 4 aliphatic rings. The van der Waals surface area contributed by atoms with Crippen molar-refractivity contribution in [3.05, 3.63) is 84.9 Å². The van der Waals surface area contributed by atoms with Crippen molar-refractivity contribution in [1.29, 1.82) is 0 Å². The summed E-state index contributed by atoms with van der Waals surface area (Å²) >= 11 is 0. The Morgan fingerprint density at radius 3 is 1.71 bits per heavy atom. The molecule has 3 aromatic rings. The Labute approximate surface area is 204 Å². The molecule has 0 aromatic heterocycles. The summed E-state index contributed by atoms with van der Waals surface area (Å²) in [6, 6.07) is 29.3. The van der Waals surface area contributed by atoms with Crippen molar-refractivity contribution in [3.63, 3.8) is 0 Å². The highest BCUT2D eigenvalue weighted by molar-refractivity contribution is 7.97. The highest BCUT2D eigenvalue weighted by Crippen LogP contribution is 2.54. The van der Waals surface area contributed by atoms with E-state index >= 15 is 0 Å². The lowest BCUT2D eigenvalue weighted by atomic mass is 9.55. The number of rotatable bonds is 7. The van der Waals surface area contributed by atoms with Crippen LogP contribution in [-0.4, -0.2) is 18.7 Å². The first-order valence-electron chi connectivity index (χ1n) is 12.5. The Bertz CT molecular complexity index is 1050. The minimum atomic E-state index is -0.227. The number of benzene rings is 3. The van der Waals surface area contributed by atoms with E-state index in [0.717, 1.165) is 11.8 Å². The van der Waals surface area contributed by atoms with Crippen LogP contribution in [0.3, 0.4) is 0 Å².